The quantitative estimate of drug-likeness (QED) is 0.865. The van der Waals surface area contributed by atoms with Gasteiger partial charge in [0.1, 0.15) is 6.10 Å². The molecule has 4 nitrogen and oxygen atoms in total. The van der Waals surface area contributed by atoms with Crippen molar-refractivity contribution in [2.45, 2.75) is 32.8 Å². The molecule has 1 heterocycles. The van der Waals surface area contributed by atoms with E-state index in [2.05, 4.69) is 48.3 Å². The van der Waals surface area contributed by atoms with E-state index in [0.717, 1.165) is 25.9 Å². The number of benzene rings is 1. The molecule has 0 saturated carbocycles. The zero-order valence-electron chi connectivity index (χ0n) is 12.4. The number of aryl methyl sites for hydroxylation is 1. The van der Waals surface area contributed by atoms with Crippen LogP contribution in [0.25, 0.3) is 0 Å². The molecular weight excluding hydrogens is 252 g/mol. The van der Waals surface area contributed by atoms with Crippen LogP contribution in [-0.2, 0) is 9.53 Å². The number of rotatable bonds is 6. The molecule has 0 radical (unpaired) electrons. The summed E-state index contributed by atoms with van der Waals surface area (Å²) in [4.78, 5) is 14.1. The van der Waals surface area contributed by atoms with Crippen molar-refractivity contribution in [3.8, 4) is 0 Å². The lowest BCUT2D eigenvalue weighted by molar-refractivity contribution is -0.129. The Morgan fingerprint density at radius 3 is 3.00 bits per heavy atom. The van der Waals surface area contributed by atoms with Gasteiger partial charge in [-0.2, -0.15) is 0 Å². The van der Waals surface area contributed by atoms with Gasteiger partial charge in [0.2, 0.25) is 5.91 Å². The first-order valence-electron chi connectivity index (χ1n) is 7.41. The monoisotopic (exact) mass is 276 g/mol. The lowest BCUT2D eigenvalue weighted by Gasteiger charge is -2.24. The van der Waals surface area contributed by atoms with E-state index >= 15 is 0 Å². The van der Waals surface area contributed by atoms with Gasteiger partial charge < -0.3 is 15.0 Å². The summed E-state index contributed by atoms with van der Waals surface area (Å²) < 4.78 is 5.37. The number of carbonyl (C=O) groups excluding carboxylic acids is 1. The van der Waals surface area contributed by atoms with E-state index in [9.17, 15) is 4.79 Å². The molecule has 1 aliphatic heterocycles. The Kier molecular flexibility index (Phi) is 5.41. The average Bonchev–Trinajstić information content (AvgIpc) is 2.97. The lowest BCUT2D eigenvalue weighted by Crippen LogP contribution is -2.39. The fourth-order valence-corrected chi connectivity index (χ4v) is 2.51. The van der Waals surface area contributed by atoms with Gasteiger partial charge in [0, 0.05) is 31.9 Å². The lowest BCUT2D eigenvalue weighted by atomic mass is 10.2. The van der Waals surface area contributed by atoms with Crippen molar-refractivity contribution in [1.29, 1.82) is 0 Å². The summed E-state index contributed by atoms with van der Waals surface area (Å²) in [7, 11) is 0. The molecule has 1 amide bonds. The molecule has 0 spiro atoms. The van der Waals surface area contributed by atoms with Crippen LogP contribution in [0.15, 0.2) is 24.3 Å². The van der Waals surface area contributed by atoms with Crippen molar-refractivity contribution in [3.05, 3.63) is 29.8 Å². The van der Waals surface area contributed by atoms with Crippen molar-refractivity contribution in [1.82, 2.24) is 5.32 Å². The Morgan fingerprint density at radius 2 is 2.35 bits per heavy atom. The van der Waals surface area contributed by atoms with E-state index in [1.807, 2.05) is 0 Å². The molecule has 1 unspecified atom stereocenters. The summed E-state index contributed by atoms with van der Waals surface area (Å²) in [6.45, 7) is 7.33. The highest BCUT2D eigenvalue weighted by Crippen LogP contribution is 2.15. The Bertz CT molecular complexity index is 442. The summed E-state index contributed by atoms with van der Waals surface area (Å²) in [6.07, 6.45) is 1.60. The Balaban J connectivity index is 1.80. The average molecular weight is 276 g/mol. The van der Waals surface area contributed by atoms with Crippen LogP contribution in [0.5, 0.6) is 0 Å². The van der Waals surface area contributed by atoms with Crippen molar-refractivity contribution < 1.29 is 9.53 Å². The summed E-state index contributed by atoms with van der Waals surface area (Å²) in [5, 5.41) is 2.97. The van der Waals surface area contributed by atoms with Crippen LogP contribution in [0.2, 0.25) is 0 Å². The highest BCUT2D eigenvalue weighted by molar-refractivity contribution is 5.80. The molecule has 1 fully saturated rings. The number of nitrogens with zero attached hydrogens (tertiary/aromatic N) is 1. The number of carbonyl (C=O) groups is 1. The molecule has 1 aromatic carbocycles. The number of anilines is 1. The predicted octanol–water partition coefficient (Wildman–Crippen LogP) is 2.12. The predicted molar refractivity (Wildman–Crippen MR) is 81.0 cm³/mol. The largest absolute Gasteiger partial charge is 0.370 e. The van der Waals surface area contributed by atoms with Gasteiger partial charge >= 0.3 is 0 Å². The van der Waals surface area contributed by atoms with Crippen LogP contribution in [0, 0.1) is 6.92 Å². The van der Waals surface area contributed by atoms with E-state index in [0.29, 0.717) is 13.2 Å². The van der Waals surface area contributed by atoms with Gasteiger partial charge in [-0.05, 0) is 44.4 Å². The molecule has 0 aromatic heterocycles. The molecule has 1 aliphatic rings. The van der Waals surface area contributed by atoms with Crippen LogP contribution in [0.3, 0.4) is 0 Å². The van der Waals surface area contributed by atoms with E-state index in [1.54, 1.807) is 0 Å². The number of hydrogen-bond acceptors (Lipinski definition) is 3. The first-order chi connectivity index (χ1) is 9.70. The normalized spacial score (nSPS) is 18.0. The minimum atomic E-state index is -0.232. The molecule has 0 aliphatic carbocycles. The molecule has 1 aromatic rings. The van der Waals surface area contributed by atoms with Gasteiger partial charge in [0.05, 0.1) is 0 Å². The van der Waals surface area contributed by atoms with Crippen molar-refractivity contribution in [3.63, 3.8) is 0 Å². The SMILES string of the molecule is CCN(CCNC(=O)C1CCCO1)c1cccc(C)c1. The van der Waals surface area contributed by atoms with Crippen molar-refractivity contribution in [2.75, 3.05) is 31.1 Å². The van der Waals surface area contributed by atoms with Crippen LogP contribution < -0.4 is 10.2 Å². The summed E-state index contributed by atoms with van der Waals surface area (Å²) in [5.74, 6) is 0.0304. The third-order valence-electron chi connectivity index (χ3n) is 3.65. The zero-order valence-corrected chi connectivity index (χ0v) is 12.4. The molecule has 2 rings (SSSR count). The molecule has 1 N–H and O–H groups in total. The summed E-state index contributed by atoms with van der Waals surface area (Å²) in [5.41, 5.74) is 2.46. The van der Waals surface area contributed by atoms with E-state index in [4.69, 9.17) is 4.74 Å². The van der Waals surface area contributed by atoms with Crippen LogP contribution >= 0.6 is 0 Å². The first-order valence-corrected chi connectivity index (χ1v) is 7.41. The van der Waals surface area contributed by atoms with Gasteiger partial charge in [-0.25, -0.2) is 0 Å². The van der Waals surface area contributed by atoms with E-state index in [1.165, 1.54) is 11.3 Å². The van der Waals surface area contributed by atoms with E-state index in [-0.39, 0.29) is 12.0 Å². The second kappa shape index (κ2) is 7.29. The Labute approximate surface area is 121 Å². The highest BCUT2D eigenvalue weighted by atomic mass is 16.5. The van der Waals surface area contributed by atoms with Crippen molar-refractivity contribution >= 4 is 11.6 Å². The number of hydrogen-bond donors (Lipinski definition) is 1. The second-order valence-electron chi connectivity index (χ2n) is 5.21. The number of nitrogens with one attached hydrogen (secondary N) is 1. The maximum Gasteiger partial charge on any atom is 0.249 e. The summed E-state index contributed by atoms with van der Waals surface area (Å²) in [6, 6.07) is 8.44. The van der Waals surface area contributed by atoms with Gasteiger partial charge in [-0.15, -0.1) is 0 Å². The maximum absolute atomic E-state index is 11.9. The molecule has 1 atom stereocenters. The fraction of sp³-hybridized carbons (Fsp3) is 0.562. The van der Waals surface area contributed by atoms with Crippen LogP contribution in [0.1, 0.15) is 25.3 Å². The molecule has 110 valence electrons. The second-order valence-corrected chi connectivity index (χ2v) is 5.21. The topological polar surface area (TPSA) is 41.6 Å². The zero-order chi connectivity index (χ0) is 14.4. The summed E-state index contributed by atoms with van der Waals surface area (Å²) >= 11 is 0. The molecule has 4 heteroatoms. The van der Waals surface area contributed by atoms with Gasteiger partial charge in [-0.1, -0.05) is 12.1 Å². The van der Waals surface area contributed by atoms with Gasteiger partial charge in [0.15, 0.2) is 0 Å². The Hall–Kier alpha value is -1.55. The van der Waals surface area contributed by atoms with Gasteiger partial charge in [0.25, 0.3) is 0 Å². The number of amides is 1. The smallest absolute Gasteiger partial charge is 0.249 e. The molecule has 20 heavy (non-hydrogen) atoms. The molecule has 1 saturated heterocycles. The molecule has 0 bridgehead atoms. The third kappa shape index (κ3) is 3.97. The van der Waals surface area contributed by atoms with Crippen LogP contribution in [-0.4, -0.2) is 38.3 Å². The highest BCUT2D eigenvalue weighted by Gasteiger charge is 2.22. The standard InChI is InChI=1S/C16H24N2O2/c1-3-18(14-7-4-6-13(2)12-14)10-9-17-16(19)15-8-5-11-20-15/h4,6-7,12,15H,3,5,8-11H2,1-2H3,(H,17,19). The minimum absolute atomic E-state index is 0.0304. The Morgan fingerprint density at radius 1 is 1.50 bits per heavy atom. The van der Waals surface area contributed by atoms with E-state index < -0.39 is 0 Å². The maximum atomic E-state index is 11.9. The molecular formula is C16H24N2O2. The van der Waals surface area contributed by atoms with Crippen LogP contribution in [0.4, 0.5) is 5.69 Å². The third-order valence-corrected chi connectivity index (χ3v) is 3.65. The fourth-order valence-electron chi connectivity index (χ4n) is 2.51. The van der Waals surface area contributed by atoms with Gasteiger partial charge in [-0.3, -0.25) is 4.79 Å². The number of ether oxygens (including phenoxy) is 1. The minimum Gasteiger partial charge on any atom is -0.370 e. The first kappa shape index (κ1) is 14.9. The van der Waals surface area contributed by atoms with Crippen molar-refractivity contribution in [2.24, 2.45) is 0 Å². The number of likely N-dealkylation sites (N-methyl/N-ethyl adjacent to an activating group) is 1.